The van der Waals surface area contributed by atoms with Crippen LogP contribution in [-0.4, -0.2) is 9.55 Å². The first-order chi connectivity index (χ1) is 10.1. The van der Waals surface area contributed by atoms with E-state index in [9.17, 15) is 4.79 Å². The van der Waals surface area contributed by atoms with Crippen LogP contribution in [0.2, 0.25) is 0 Å². The number of nitrogens with one attached hydrogen (secondary N) is 1. The molecular formula is C16H17N3O2. The van der Waals surface area contributed by atoms with Gasteiger partial charge in [0.2, 0.25) is 5.89 Å². The van der Waals surface area contributed by atoms with E-state index in [4.69, 9.17) is 4.42 Å². The van der Waals surface area contributed by atoms with E-state index in [1.807, 2.05) is 38.1 Å². The van der Waals surface area contributed by atoms with Crippen LogP contribution in [0.15, 0.2) is 39.5 Å². The Kier molecular flexibility index (Phi) is 3.25. The molecule has 0 saturated carbocycles. The topological polar surface area (TPSA) is 60.1 Å². The number of oxazole rings is 1. The van der Waals surface area contributed by atoms with Gasteiger partial charge in [0.15, 0.2) is 0 Å². The summed E-state index contributed by atoms with van der Waals surface area (Å²) in [5.41, 5.74) is 2.53. The van der Waals surface area contributed by atoms with Crippen LogP contribution < -0.4 is 10.9 Å². The molecule has 3 rings (SSSR count). The molecule has 0 spiro atoms. The van der Waals surface area contributed by atoms with Gasteiger partial charge in [0.05, 0.1) is 17.8 Å². The van der Waals surface area contributed by atoms with Crippen molar-refractivity contribution in [1.82, 2.24) is 9.55 Å². The average Bonchev–Trinajstić information content (AvgIpc) is 2.80. The lowest BCUT2D eigenvalue weighted by Crippen LogP contribution is -2.17. The van der Waals surface area contributed by atoms with Crippen LogP contribution in [0.5, 0.6) is 0 Å². The Bertz CT molecular complexity index is 842. The number of benzene rings is 1. The fraction of sp³-hybridized carbons (Fsp3) is 0.250. The van der Waals surface area contributed by atoms with Gasteiger partial charge in [0.25, 0.3) is 5.56 Å². The smallest absolute Gasteiger partial charge is 0.252 e. The van der Waals surface area contributed by atoms with E-state index >= 15 is 0 Å². The number of pyridine rings is 1. The summed E-state index contributed by atoms with van der Waals surface area (Å²) in [5, 5.41) is 4.24. The lowest BCUT2D eigenvalue weighted by molar-refractivity contribution is 0.478. The monoisotopic (exact) mass is 283 g/mol. The van der Waals surface area contributed by atoms with Crippen LogP contribution in [0.3, 0.4) is 0 Å². The number of fused-ring (bicyclic) bond motifs is 1. The van der Waals surface area contributed by atoms with Gasteiger partial charge in [-0.1, -0.05) is 18.2 Å². The molecule has 0 amide bonds. The normalized spacial score (nSPS) is 11.0. The average molecular weight is 283 g/mol. The Morgan fingerprint density at radius 3 is 2.76 bits per heavy atom. The number of aromatic nitrogens is 2. The van der Waals surface area contributed by atoms with Gasteiger partial charge in [-0.05, 0) is 19.9 Å². The number of nitrogens with zero attached hydrogens (tertiary/aromatic N) is 2. The lowest BCUT2D eigenvalue weighted by Gasteiger charge is -2.10. The standard InChI is InChI=1S/C16H17N3O2/c1-10-11(2)21-15(18-10)9-17-13-8-16(20)19(3)14-7-5-4-6-12(13)14/h4-8,17H,9H2,1-3H3. The molecule has 108 valence electrons. The van der Waals surface area contributed by atoms with Crippen molar-refractivity contribution in [3.05, 3.63) is 58.0 Å². The van der Waals surface area contributed by atoms with E-state index in [-0.39, 0.29) is 5.56 Å². The van der Waals surface area contributed by atoms with Crippen molar-refractivity contribution in [3.63, 3.8) is 0 Å². The minimum absolute atomic E-state index is 0.0454. The molecule has 3 aromatic rings. The van der Waals surface area contributed by atoms with Crippen molar-refractivity contribution in [3.8, 4) is 0 Å². The number of aryl methyl sites for hydroxylation is 3. The molecule has 0 aliphatic heterocycles. The second-order valence-electron chi connectivity index (χ2n) is 5.08. The highest BCUT2D eigenvalue weighted by molar-refractivity contribution is 5.91. The molecule has 0 fully saturated rings. The predicted octanol–water partition coefficient (Wildman–Crippen LogP) is 2.76. The molecule has 0 aliphatic rings. The van der Waals surface area contributed by atoms with Crippen molar-refractivity contribution in [2.24, 2.45) is 7.05 Å². The fourth-order valence-electron chi connectivity index (χ4n) is 2.34. The summed E-state index contributed by atoms with van der Waals surface area (Å²) in [7, 11) is 1.77. The molecule has 0 bridgehead atoms. The maximum atomic E-state index is 12.0. The van der Waals surface area contributed by atoms with Gasteiger partial charge in [0.1, 0.15) is 5.76 Å². The van der Waals surface area contributed by atoms with Gasteiger partial charge in [-0.2, -0.15) is 0 Å². The predicted molar refractivity (Wildman–Crippen MR) is 82.5 cm³/mol. The minimum atomic E-state index is -0.0454. The van der Waals surface area contributed by atoms with Crippen LogP contribution >= 0.6 is 0 Å². The molecular weight excluding hydrogens is 266 g/mol. The Hall–Kier alpha value is -2.56. The summed E-state index contributed by atoms with van der Waals surface area (Å²) >= 11 is 0. The highest BCUT2D eigenvalue weighted by atomic mass is 16.4. The van der Waals surface area contributed by atoms with Crippen molar-refractivity contribution >= 4 is 16.6 Å². The largest absolute Gasteiger partial charge is 0.444 e. The van der Waals surface area contributed by atoms with E-state index in [1.165, 1.54) is 0 Å². The molecule has 0 unspecified atom stereocenters. The summed E-state index contributed by atoms with van der Waals surface area (Å²) in [6.07, 6.45) is 0. The third-order valence-corrected chi connectivity index (χ3v) is 3.66. The Labute approximate surface area is 122 Å². The van der Waals surface area contributed by atoms with Crippen molar-refractivity contribution < 1.29 is 4.42 Å². The molecule has 0 saturated heterocycles. The quantitative estimate of drug-likeness (QED) is 0.803. The van der Waals surface area contributed by atoms with E-state index in [1.54, 1.807) is 17.7 Å². The van der Waals surface area contributed by atoms with Gasteiger partial charge in [-0.25, -0.2) is 4.98 Å². The first kappa shape index (κ1) is 13.4. The second kappa shape index (κ2) is 5.09. The summed E-state index contributed by atoms with van der Waals surface area (Å²) in [4.78, 5) is 16.3. The van der Waals surface area contributed by atoms with E-state index in [2.05, 4.69) is 10.3 Å². The van der Waals surface area contributed by atoms with Crippen molar-refractivity contribution in [2.45, 2.75) is 20.4 Å². The van der Waals surface area contributed by atoms with Crippen LogP contribution in [-0.2, 0) is 13.6 Å². The number of para-hydroxylation sites is 1. The second-order valence-corrected chi connectivity index (χ2v) is 5.08. The van der Waals surface area contributed by atoms with Gasteiger partial charge in [-0.15, -0.1) is 0 Å². The Morgan fingerprint density at radius 1 is 1.29 bits per heavy atom. The summed E-state index contributed by atoms with van der Waals surface area (Å²) in [5.74, 6) is 1.44. The molecule has 5 heteroatoms. The molecule has 0 radical (unpaired) electrons. The number of hydrogen-bond donors (Lipinski definition) is 1. The van der Waals surface area contributed by atoms with Crippen LogP contribution in [0.1, 0.15) is 17.3 Å². The lowest BCUT2D eigenvalue weighted by atomic mass is 10.2. The maximum absolute atomic E-state index is 12.0. The number of anilines is 1. The van der Waals surface area contributed by atoms with Crippen molar-refractivity contribution in [2.75, 3.05) is 5.32 Å². The zero-order chi connectivity index (χ0) is 15.0. The molecule has 1 aromatic carbocycles. The molecule has 5 nitrogen and oxygen atoms in total. The zero-order valence-corrected chi connectivity index (χ0v) is 12.3. The van der Waals surface area contributed by atoms with Gasteiger partial charge in [0, 0.05) is 24.2 Å². The van der Waals surface area contributed by atoms with E-state index in [0.717, 1.165) is 28.0 Å². The van der Waals surface area contributed by atoms with Gasteiger partial charge >= 0.3 is 0 Å². The van der Waals surface area contributed by atoms with Gasteiger partial charge < -0.3 is 14.3 Å². The summed E-state index contributed by atoms with van der Waals surface area (Å²) in [6.45, 7) is 4.25. The maximum Gasteiger partial charge on any atom is 0.252 e. The minimum Gasteiger partial charge on any atom is -0.444 e. The third-order valence-electron chi connectivity index (χ3n) is 3.66. The van der Waals surface area contributed by atoms with E-state index in [0.29, 0.717) is 12.4 Å². The Morgan fingerprint density at radius 2 is 2.05 bits per heavy atom. The number of hydrogen-bond acceptors (Lipinski definition) is 4. The fourth-order valence-corrected chi connectivity index (χ4v) is 2.34. The zero-order valence-electron chi connectivity index (χ0n) is 12.3. The molecule has 1 N–H and O–H groups in total. The SMILES string of the molecule is Cc1nc(CNc2cc(=O)n(C)c3ccccc23)oc1C. The highest BCUT2D eigenvalue weighted by Crippen LogP contribution is 2.21. The molecule has 0 aliphatic carbocycles. The highest BCUT2D eigenvalue weighted by Gasteiger charge is 2.08. The van der Waals surface area contributed by atoms with Gasteiger partial charge in [-0.3, -0.25) is 4.79 Å². The first-order valence-electron chi connectivity index (χ1n) is 6.82. The molecule has 2 aromatic heterocycles. The Balaban J connectivity index is 1.97. The first-order valence-corrected chi connectivity index (χ1v) is 6.82. The summed E-state index contributed by atoms with van der Waals surface area (Å²) < 4.78 is 7.18. The molecule has 21 heavy (non-hydrogen) atoms. The molecule has 0 atom stereocenters. The van der Waals surface area contributed by atoms with Crippen LogP contribution in [0, 0.1) is 13.8 Å². The number of rotatable bonds is 3. The van der Waals surface area contributed by atoms with E-state index < -0.39 is 0 Å². The van der Waals surface area contributed by atoms with Crippen molar-refractivity contribution in [1.29, 1.82) is 0 Å². The van der Waals surface area contributed by atoms with Crippen LogP contribution in [0.25, 0.3) is 10.9 Å². The van der Waals surface area contributed by atoms with Crippen LogP contribution in [0.4, 0.5) is 5.69 Å². The third kappa shape index (κ3) is 2.42. The molecule has 2 heterocycles. The summed E-state index contributed by atoms with van der Waals surface area (Å²) in [6, 6.07) is 9.40.